The molecule has 0 spiro atoms. The Morgan fingerprint density at radius 1 is 1.50 bits per heavy atom. The van der Waals surface area contributed by atoms with Crippen molar-refractivity contribution in [2.45, 2.75) is 46.1 Å². The molecule has 0 aromatic carbocycles. The highest BCUT2D eigenvalue weighted by atomic mass is 16.2. The molecule has 16 heavy (non-hydrogen) atoms. The average molecular weight is 227 g/mol. The molecule has 0 aromatic rings. The van der Waals surface area contributed by atoms with E-state index in [0.29, 0.717) is 5.92 Å². The Hall–Kier alpha value is -0.610. The average Bonchev–Trinajstić information content (AvgIpc) is 2.19. The van der Waals surface area contributed by atoms with Crippen LogP contribution >= 0.6 is 0 Å². The third kappa shape index (κ3) is 3.19. The molecule has 1 atom stereocenters. The lowest BCUT2D eigenvalue weighted by atomic mass is 9.84. The van der Waals surface area contributed by atoms with Crippen LogP contribution in [0.2, 0.25) is 0 Å². The Bertz CT molecular complexity index is 226. The molecule has 0 saturated heterocycles. The van der Waals surface area contributed by atoms with E-state index in [4.69, 9.17) is 5.84 Å². The maximum atomic E-state index is 11.8. The number of rotatable bonds is 6. The quantitative estimate of drug-likeness (QED) is 0.406. The van der Waals surface area contributed by atoms with Crippen molar-refractivity contribution in [3.63, 3.8) is 0 Å². The van der Waals surface area contributed by atoms with Crippen molar-refractivity contribution in [3.8, 4) is 0 Å². The lowest BCUT2D eigenvalue weighted by Crippen LogP contribution is -2.53. The minimum atomic E-state index is -0.0874. The van der Waals surface area contributed by atoms with Crippen molar-refractivity contribution in [1.82, 2.24) is 10.3 Å². The summed E-state index contributed by atoms with van der Waals surface area (Å²) in [5.74, 6) is 6.27. The summed E-state index contributed by atoms with van der Waals surface area (Å²) in [7, 11) is 0. The number of carbonyl (C=O) groups excluding carboxylic acids is 1. The maximum absolute atomic E-state index is 11.8. The topological polar surface area (TPSA) is 58.4 Å². The number of carbonyl (C=O) groups is 1. The van der Waals surface area contributed by atoms with Gasteiger partial charge in [-0.3, -0.25) is 15.1 Å². The summed E-state index contributed by atoms with van der Waals surface area (Å²) in [4.78, 5) is 14.0. The second-order valence-corrected chi connectivity index (χ2v) is 5.08. The minimum Gasteiger partial charge on any atom is -0.293 e. The summed E-state index contributed by atoms with van der Waals surface area (Å²) < 4.78 is 0. The van der Waals surface area contributed by atoms with Crippen molar-refractivity contribution in [1.29, 1.82) is 0 Å². The second kappa shape index (κ2) is 6.21. The van der Waals surface area contributed by atoms with E-state index in [1.165, 1.54) is 19.3 Å². The third-order valence-corrected chi connectivity index (χ3v) is 3.56. The fourth-order valence-electron chi connectivity index (χ4n) is 2.42. The van der Waals surface area contributed by atoms with Gasteiger partial charge < -0.3 is 0 Å². The molecule has 0 aliphatic heterocycles. The summed E-state index contributed by atoms with van der Waals surface area (Å²) in [6, 6.07) is -0.0874. The molecule has 0 bridgehead atoms. The van der Waals surface area contributed by atoms with Gasteiger partial charge in [0.2, 0.25) is 0 Å². The van der Waals surface area contributed by atoms with Crippen LogP contribution in [0.15, 0.2) is 0 Å². The number of nitrogens with zero attached hydrogens (tertiary/aromatic N) is 1. The fourth-order valence-corrected chi connectivity index (χ4v) is 2.42. The van der Waals surface area contributed by atoms with Gasteiger partial charge in [0.1, 0.15) is 0 Å². The van der Waals surface area contributed by atoms with Crippen LogP contribution in [0.1, 0.15) is 40.0 Å². The highest BCUT2D eigenvalue weighted by Gasteiger charge is 2.30. The molecule has 1 aliphatic carbocycles. The summed E-state index contributed by atoms with van der Waals surface area (Å²) >= 11 is 0. The smallest absolute Gasteiger partial charge is 0.251 e. The molecule has 1 unspecified atom stereocenters. The van der Waals surface area contributed by atoms with Gasteiger partial charge in [0.25, 0.3) is 5.91 Å². The van der Waals surface area contributed by atoms with E-state index in [9.17, 15) is 4.79 Å². The molecule has 4 heteroatoms. The highest BCUT2D eigenvalue weighted by Crippen LogP contribution is 2.28. The van der Waals surface area contributed by atoms with Gasteiger partial charge in [-0.25, -0.2) is 5.84 Å². The monoisotopic (exact) mass is 227 g/mol. The van der Waals surface area contributed by atoms with Crippen LogP contribution in [0.4, 0.5) is 0 Å². The Labute approximate surface area is 98.5 Å². The molecular formula is C12H25N3O. The predicted octanol–water partition coefficient (Wildman–Crippen LogP) is 1.12. The normalized spacial score (nSPS) is 18.6. The SMILES string of the molecule is CCN(CC1CCC1)C(C(=O)NN)C(C)C. The number of nitrogens with one attached hydrogen (secondary N) is 1. The number of hydrazine groups is 1. The van der Waals surface area contributed by atoms with E-state index in [1.807, 2.05) is 0 Å². The molecule has 1 aliphatic rings. The molecule has 1 fully saturated rings. The van der Waals surface area contributed by atoms with E-state index < -0.39 is 0 Å². The van der Waals surface area contributed by atoms with Gasteiger partial charge in [-0.1, -0.05) is 27.2 Å². The molecule has 0 radical (unpaired) electrons. The predicted molar refractivity (Wildman–Crippen MR) is 65.5 cm³/mol. The molecule has 1 amide bonds. The zero-order valence-electron chi connectivity index (χ0n) is 10.7. The highest BCUT2D eigenvalue weighted by molar-refractivity contribution is 5.81. The molecule has 0 aromatic heterocycles. The van der Waals surface area contributed by atoms with E-state index in [0.717, 1.165) is 19.0 Å². The Kier molecular flexibility index (Phi) is 5.22. The van der Waals surface area contributed by atoms with E-state index in [-0.39, 0.29) is 11.9 Å². The lowest BCUT2D eigenvalue weighted by molar-refractivity contribution is -0.128. The third-order valence-electron chi connectivity index (χ3n) is 3.56. The first-order chi connectivity index (χ1) is 7.60. The van der Waals surface area contributed by atoms with Gasteiger partial charge in [0, 0.05) is 6.54 Å². The number of hydrogen-bond donors (Lipinski definition) is 2. The first-order valence-corrected chi connectivity index (χ1v) is 6.34. The van der Waals surface area contributed by atoms with Crippen LogP contribution in [0, 0.1) is 11.8 Å². The summed E-state index contributed by atoms with van der Waals surface area (Å²) in [6.07, 6.45) is 3.97. The number of likely N-dealkylation sites (N-methyl/N-ethyl adjacent to an activating group) is 1. The fraction of sp³-hybridized carbons (Fsp3) is 0.917. The summed E-state index contributed by atoms with van der Waals surface area (Å²) in [5, 5.41) is 0. The molecule has 1 saturated carbocycles. The molecular weight excluding hydrogens is 202 g/mol. The van der Waals surface area contributed by atoms with Crippen LogP contribution in [0.25, 0.3) is 0 Å². The number of hydrogen-bond acceptors (Lipinski definition) is 3. The van der Waals surface area contributed by atoms with Crippen LogP contribution in [0.3, 0.4) is 0 Å². The summed E-state index contributed by atoms with van der Waals surface area (Å²) in [6.45, 7) is 8.20. The van der Waals surface area contributed by atoms with Crippen molar-refractivity contribution >= 4 is 5.91 Å². The van der Waals surface area contributed by atoms with Gasteiger partial charge in [-0.15, -0.1) is 0 Å². The Balaban J connectivity index is 2.60. The largest absolute Gasteiger partial charge is 0.293 e. The summed E-state index contributed by atoms with van der Waals surface area (Å²) in [5.41, 5.74) is 2.29. The van der Waals surface area contributed by atoms with Gasteiger partial charge in [0.15, 0.2) is 0 Å². The molecule has 3 N–H and O–H groups in total. The molecule has 4 nitrogen and oxygen atoms in total. The first kappa shape index (κ1) is 13.5. The Morgan fingerprint density at radius 2 is 2.12 bits per heavy atom. The van der Waals surface area contributed by atoms with Crippen molar-refractivity contribution in [2.24, 2.45) is 17.7 Å². The van der Waals surface area contributed by atoms with Crippen LogP contribution in [-0.4, -0.2) is 29.9 Å². The van der Waals surface area contributed by atoms with Crippen molar-refractivity contribution < 1.29 is 4.79 Å². The molecule has 1 rings (SSSR count). The van der Waals surface area contributed by atoms with Gasteiger partial charge >= 0.3 is 0 Å². The zero-order chi connectivity index (χ0) is 12.1. The minimum absolute atomic E-state index is 0.0591. The van der Waals surface area contributed by atoms with E-state index in [2.05, 4.69) is 31.1 Å². The maximum Gasteiger partial charge on any atom is 0.251 e. The molecule has 94 valence electrons. The zero-order valence-corrected chi connectivity index (χ0v) is 10.7. The van der Waals surface area contributed by atoms with Crippen LogP contribution in [-0.2, 0) is 4.79 Å². The van der Waals surface area contributed by atoms with Crippen LogP contribution in [0.5, 0.6) is 0 Å². The Morgan fingerprint density at radius 3 is 2.44 bits per heavy atom. The van der Waals surface area contributed by atoms with E-state index >= 15 is 0 Å². The van der Waals surface area contributed by atoms with Crippen molar-refractivity contribution in [3.05, 3.63) is 0 Å². The van der Waals surface area contributed by atoms with Gasteiger partial charge in [-0.2, -0.15) is 0 Å². The van der Waals surface area contributed by atoms with Crippen molar-refractivity contribution in [2.75, 3.05) is 13.1 Å². The molecule has 0 heterocycles. The standard InChI is InChI=1S/C12H25N3O/c1-4-15(8-10-6-5-7-10)11(9(2)3)12(16)14-13/h9-11H,4-8,13H2,1-3H3,(H,14,16). The van der Waals surface area contributed by atoms with Gasteiger partial charge in [0.05, 0.1) is 6.04 Å². The van der Waals surface area contributed by atoms with Gasteiger partial charge in [-0.05, 0) is 31.2 Å². The van der Waals surface area contributed by atoms with Crippen LogP contribution < -0.4 is 11.3 Å². The van der Waals surface area contributed by atoms with E-state index in [1.54, 1.807) is 0 Å². The second-order valence-electron chi connectivity index (χ2n) is 5.08. The number of nitrogens with two attached hydrogens (primary N) is 1. The lowest BCUT2D eigenvalue weighted by Gasteiger charge is -2.37. The first-order valence-electron chi connectivity index (χ1n) is 6.34. The number of amides is 1.